The van der Waals surface area contributed by atoms with Crippen LogP contribution in [0.4, 0.5) is 17.2 Å². The maximum Gasteiger partial charge on any atom is 0.282 e. The molecule has 2 aliphatic heterocycles. The third-order valence-corrected chi connectivity index (χ3v) is 5.53. The number of carbonyl (C=O) groups excluding carboxylic acids is 2. The van der Waals surface area contributed by atoms with Crippen LogP contribution in [0.25, 0.3) is 0 Å². The summed E-state index contributed by atoms with van der Waals surface area (Å²) >= 11 is 0. The maximum absolute atomic E-state index is 13.2. The molecule has 1 aromatic heterocycles. The van der Waals surface area contributed by atoms with Crippen molar-refractivity contribution in [2.24, 2.45) is 0 Å². The lowest BCUT2D eigenvalue weighted by molar-refractivity contribution is -0.892. The molecule has 28 heavy (non-hydrogen) atoms. The van der Waals surface area contributed by atoms with Gasteiger partial charge in [-0.3, -0.25) is 14.5 Å². The Bertz CT molecular complexity index is 849. The average molecular weight is 381 g/mol. The van der Waals surface area contributed by atoms with Gasteiger partial charge in [0, 0.05) is 18.5 Å². The van der Waals surface area contributed by atoms with Crippen LogP contribution in [0.15, 0.2) is 48.7 Å². The zero-order chi connectivity index (χ0) is 19.5. The Kier molecular flexibility index (Phi) is 5.25. The van der Waals surface area contributed by atoms with E-state index >= 15 is 0 Å². The number of anilines is 3. The number of piperazine rings is 1. The minimum absolute atomic E-state index is 0.0460. The molecule has 0 saturated carbocycles. The third-order valence-electron chi connectivity index (χ3n) is 5.53. The van der Waals surface area contributed by atoms with E-state index in [0.29, 0.717) is 18.7 Å². The van der Waals surface area contributed by atoms with Crippen LogP contribution in [0.1, 0.15) is 13.3 Å². The van der Waals surface area contributed by atoms with Crippen LogP contribution in [0.5, 0.6) is 0 Å². The van der Waals surface area contributed by atoms with Gasteiger partial charge in [-0.25, -0.2) is 4.98 Å². The van der Waals surface area contributed by atoms with Gasteiger partial charge in [-0.2, -0.15) is 0 Å². The molecule has 0 aliphatic carbocycles. The molecule has 0 radical (unpaired) electrons. The summed E-state index contributed by atoms with van der Waals surface area (Å²) in [6, 6.07) is 13.5. The third kappa shape index (κ3) is 3.84. The Hall–Kier alpha value is -2.93. The predicted octanol–water partition coefficient (Wildman–Crippen LogP) is -0.0305. The fraction of sp³-hybridized carbons (Fsp3) is 0.381. The van der Waals surface area contributed by atoms with Gasteiger partial charge in [0.2, 0.25) is 5.91 Å². The Labute approximate surface area is 164 Å². The first kappa shape index (κ1) is 18.4. The van der Waals surface area contributed by atoms with Gasteiger partial charge >= 0.3 is 0 Å². The van der Waals surface area contributed by atoms with Crippen molar-refractivity contribution < 1.29 is 19.5 Å². The number of hydrogen-bond donors (Lipinski definition) is 2. The number of benzene rings is 1. The maximum atomic E-state index is 13.2. The SMILES string of the molecule is C[C@H]1CC(=O)Nc2ccccc2N1C(=O)C[NH+]1CCN(c2cccc[nH+]2)CC1. The summed E-state index contributed by atoms with van der Waals surface area (Å²) in [5, 5.41) is 2.92. The molecule has 3 heterocycles. The number of aromatic amines is 1. The topological polar surface area (TPSA) is 71.2 Å². The lowest BCUT2D eigenvalue weighted by Gasteiger charge is -2.32. The Balaban J connectivity index is 1.43. The summed E-state index contributed by atoms with van der Waals surface area (Å²) < 4.78 is 0. The number of amides is 2. The van der Waals surface area contributed by atoms with Gasteiger partial charge in [-0.15, -0.1) is 0 Å². The normalized spacial score (nSPS) is 20.3. The van der Waals surface area contributed by atoms with Gasteiger partial charge in [0.15, 0.2) is 6.54 Å². The molecule has 1 aromatic carbocycles. The van der Waals surface area contributed by atoms with Gasteiger partial charge in [0.1, 0.15) is 26.2 Å². The van der Waals surface area contributed by atoms with Gasteiger partial charge in [0.05, 0.1) is 17.6 Å². The first-order chi connectivity index (χ1) is 13.6. The summed E-state index contributed by atoms with van der Waals surface area (Å²) in [7, 11) is 0. The molecule has 2 amide bonds. The monoisotopic (exact) mass is 381 g/mol. The van der Waals surface area contributed by atoms with E-state index in [2.05, 4.69) is 21.3 Å². The molecule has 0 unspecified atom stereocenters. The van der Waals surface area contributed by atoms with Crippen LogP contribution in [0, 0.1) is 0 Å². The van der Waals surface area contributed by atoms with Crippen molar-refractivity contribution in [1.82, 2.24) is 0 Å². The van der Waals surface area contributed by atoms with E-state index in [9.17, 15) is 9.59 Å². The largest absolute Gasteiger partial charge is 0.324 e. The lowest BCUT2D eigenvalue weighted by atomic mass is 10.1. The van der Waals surface area contributed by atoms with Crippen LogP contribution in [0.3, 0.4) is 0 Å². The number of para-hydroxylation sites is 2. The van der Waals surface area contributed by atoms with Crippen molar-refractivity contribution in [2.75, 3.05) is 47.8 Å². The molecule has 7 nitrogen and oxygen atoms in total. The minimum Gasteiger partial charge on any atom is -0.324 e. The summed E-state index contributed by atoms with van der Waals surface area (Å²) in [6.45, 7) is 6.03. The van der Waals surface area contributed by atoms with Crippen LogP contribution < -0.4 is 25.0 Å². The molecule has 0 spiro atoms. The number of rotatable bonds is 3. The van der Waals surface area contributed by atoms with Crippen LogP contribution in [-0.2, 0) is 9.59 Å². The number of pyridine rings is 1. The highest BCUT2D eigenvalue weighted by Gasteiger charge is 2.33. The Morgan fingerprint density at radius 3 is 2.68 bits per heavy atom. The molecule has 2 aliphatic rings. The standard InChI is InChI=1S/C21H25N5O2/c1-16-14-20(27)23-17-6-2-3-7-18(17)26(16)21(28)15-24-10-12-25(13-11-24)19-8-4-5-9-22-19/h2-9,16H,10-15H2,1H3,(H,23,27)/p+2/t16-/m0/s1. The number of nitrogens with zero attached hydrogens (tertiary/aromatic N) is 2. The molecule has 1 atom stereocenters. The quantitative estimate of drug-likeness (QED) is 0.784. The predicted molar refractivity (Wildman–Crippen MR) is 107 cm³/mol. The van der Waals surface area contributed by atoms with Crippen LogP contribution >= 0.6 is 0 Å². The summed E-state index contributed by atoms with van der Waals surface area (Å²) in [4.78, 5) is 34.0. The number of nitrogens with one attached hydrogen (secondary N) is 3. The van der Waals surface area contributed by atoms with E-state index in [0.717, 1.165) is 37.7 Å². The van der Waals surface area contributed by atoms with Crippen molar-refractivity contribution in [3.8, 4) is 0 Å². The van der Waals surface area contributed by atoms with Crippen LogP contribution in [0.2, 0.25) is 0 Å². The fourth-order valence-corrected chi connectivity index (χ4v) is 4.09. The van der Waals surface area contributed by atoms with E-state index in [1.54, 1.807) is 4.90 Å². The zero-order valence-electron chi connectivity index (χ0n) is 16.1. The van der Waals surface area contributed by atoms with Gasteiger partial charge < -0.3 is 15.1 Å². The molecule has 1 fully saturated rings. The second-order valence-electron chi connectivity index (χ2n) is 7.54. The Morgan fingerprint density at radius 2 is 1.93 bits per heavy atom. The number of H-pyrrole nitrogens is 1. The molecule has 1 saturated heterocycles. The molecule has 3 N–H and O–H groups in total. The van der Waals surface area contributed by atoms with Crippen molar-refractivity contribution in [3.05, 3.63) is 48.7 Å². The first-order valence-corrected chi connectivity index (χ1v) is 9.88. The fourth-order valence-electron chi connectivity index (χ4n) is 4.09. The zero-order valence-corrected chi connectivity index (χ0v) is 16.1. The molecule has 2 aromatic rings. The number of hydrogen-bond acceptors (Lipinski definition) is 3. The van der Waals surface area contributed by atoms with Gasteiger partial charge in [0.25, 0.3) is 11.7 Å². The molecule has 0 bridgehead atoms. The smallest absolute Gasteiger partial charge is 0.282 e. The van der Waals surface area contributed by atoms with E-state index in [4.69, 9.17) is 0 Å². The Morgan fingerprint density at radius 1 is 1.18 bits per heavy atom. The van der Waals surface area contributed by atoms with Crippen molar-refractivity contribution in [1.29, 1.82) is 0 Å². The second kappa shape index (κ2) is 7.98. The summed E-state index contributed by atoms with van der Waals surface area (Å²) in [5.41, 5.74) is 1.51. The molecular formula is C21H27N5O2+2. The summed E-state index contributed by atoms with van der Waals surface area (Å²) in [5.74, 6) is 1.15. The molecular weight excluding hydrogens is 354 g/mol. The molecule has 146 valence electrons. The number of fused-ring (bicyclic) bond motifs is 1. The van der Waals surface area contributed by atoms with Crippen molar-refractivity contribution in [2.45, 2.75) is 19.4 Å². The van der Waals surface area contributed by atoms with E-state index in [-0.39, 0.29) is 17.9 Å². The summed E-state index contributed by atoms with van der Waals surface area (Å²) in [6.07, 6.45) is 2.25. The molecule has 4 rings (SSSR count). The first-order valence-electron chi connectivity index (χ1n) is 9.88. The second-order valence-corrected chi connectivity index (χ2v) is 7.54. The molecule has 7 heteroatoms. The van der Waals surface area contributed by atoms with Crippen molar-refractivity contribution >= 4 is 29.0 Å². The van der Waals surface area contributed by atoms with Crippen LogP contribution in [-0.4, -0.2) is 50.6 Å². The highest BCUT2D eigenvalue weighted by molar-refractivity contribution is 6.04. The number of aromatic nitrogens is 1. The van der Waals surface area contributed by atoms with E-state index < -0.39 is 0 Å². The van der Waals surface area contributed by atoms with E-state index in [1.807, 2.05) is 49.5 Å². The highest BCUT2D eigenvalue weighted by Crippen LogP contribution is 2.31. The highest BCUT2D eigenvalue weighted by atomic mass is 16.2. The number of quaternary nitrogens is 1. The minimum atomic E-state index is -0.157. The average Bonchev–Trinajstić information content (AvgIpc) is 2.83. The lowest BCUT2D eigenvalue weighted by Crippen LogP contribution is -3.16. The van der Waals surface area contributed by atoms with Crippen molar-refractivity contribution in [3.63, 3.8) is 0 Å². The van der Waals surface area contributed by atoms with E-state index in [1.165, 1.54) is 4.90 Å². The van der Waals surface area contributed by atoms with Gasteiger partial charge in [-0.1, -0.05) is 18.2 Å². The van der Waals surface area contributed by atoms with Gasteiger partial charge in [-0.05, 0) is 25.1 Å². The number of carbonyl (C=O) groups is 2.